The van der Waals surface area contributed by atoms with Crippen LogP contribution in [0.1, 0.15) is 16.4 Å². The topological polar surface area (TPSA) is 37.4 Å². The highest BCUT2D eigenvalue weighted by molar-refractivity contribution is 7.99. The van der Waals surface area contributed by atoms with Gasteiger partial charge in [0.05, 0.1) is 5.75 Å². The molecule has 0 spiro atoms. The van der Waals surface area contributed by atoms with E-state index in [0.717, 1.165) is 11.3 Å². The Morgan fingerprint density at radius 1 is 1.00 bits per heavy atom. The van der Waals surface area contributed by atoms with E-state index in [1.54, 1.807) is 4.31 Å². The summed E-state index contributed by atoms with van der Waals surface area (Å²) in [7, 11) is -3.20. The van der Waals surface area contributed by atoms with E-state index in [4.69, 9.17) is 0 Å². The molecule has 0 saturated carbocycles. The molecule has 1 heterocycles. The van der Waals surface area contributed by atoms with Crippen molar-refractivity contribution in [1.29, 1.82) is 0 Å². The SMILES string of the molecule is O=S(=O)(CCc1ccccc1)N1CCSC(c2ccccc2)C1. The third-order valence-electron chi connectivity index (χ3n) is 4.09. The number of nitrogens with zero attached hydrogens (tertiary/aromatic N) is 1. The van der Waals surface area contributed by atoms with Crippen molar-refractivity contribution >= 4 is 21.8 Å². The predicted molar refractivity (Wildman–Crippen MR) is 97.1 cm³/mol. The van der Waals surface area contributed by atoms with E-state index < -0.39 is 10.0 Å². The second kappa shape index (κ2) is 7.51. The van der Waals surface area contributed by atoms with Crippen LogP contribution in [0, 0.1) is 0 Å². The van der Waals surface area contributed by atoms with Crippen LogP contribution < -0.4 is 0 Å². The van der Waals surface area contributed by atoms with Gasteiger partial charge in [0, 0.05) is 24.1 Å². The van der Waals surface area contributed by atoms with Gasteiger partial charge in [0.2, 0.25) is 10.0 Å². The van der Waals surface area contributed by atoms with Crippen molar-refractivity contribution in [3.63, 3.8) is 0 Å². The summed E-state index contributed by atoms with van der Waals surface area (Å²) in [6.07, 6.45) is 0.572. The molecule has 5 heteroatoms. The van der Waals surface area contributed by atoms with Gasteiger partial charge in [0.1, 0.15) is 0 Å². The summed E-state index contributed by atoms with van der Waals surface area (Å²) in [6.45, 7) is 1.19. The highest BCUT2D eigenvalue weighted by Gasteiger charge is 2.29. The highest BCUT2D eigenvalue weighted by atomic mass is 32.2. The summed E-state index contributed by atoms with van der Waals surface area (Å²) in [4.78, 5) is 0. The van der Waals surface area contributed by atoms with Gasteiger partial charge >= 0.3 is 0 Å². The van der Waals surface area contributed by atoms with Gasteiger partial charge in [-0.15, -0.1) is 0 Å². The lowest BCUT2D eigenvalue weighted by Gasteiger charge is -2.31. The van der Waals surface area contributed by atoms with Gasteiger partial charge in [-0.3, -0.25) is 0 Å². The lowest BCUT2D eigenvalue weighted by molar-refractivity contribution is 0.421. The van der Waals surface area contributed by atoms with Crippen LogP contribution in [0.25, 0.3) is 0 Å². The lowest BCUT2D eigenvalue weighted by atomic mass is 10.1. The third kappa shape index (κ3) is 4.37. The molecule has 1 aliphatic heterocycles. The zero-order chi connectivity index (χ0) is 16.1. The van der Waals surface area contributed by atoms with E-state index in [2.05, 4.69) is 12.1 Å². The number of aryl methyl sites for hydroxylation is 1. The molecule has 0 bridgehead atoms. The van der Waals surface area contributed by atoms with Crippen LogP contribution in [0.2, 0.25) is 0 Å². The second-order valence-electron chi connectivity index (χ2n) is 5.68. The van der Waals surface area contributed by atoms with Gasteiger partial charge in [-0.05, 0) is 17.5 Å². The minimum atomic E-state index is -3.20. The number of hydrogen-bond acceptors (Lipinski definition) is 3. The van der Waals surface area contributed by atoms with E-state index in [1.807, 2.05) is 60.3 Å². The number of benzene rings is 2. The average molecular weight is 348 g/mol. The molecule has 1 fully saturated rings. The second-order valence-corrected chi connectivity index (χ2v) is 9.08. The molecule has 2 aromatic carbocycles. The zero-order valence-electron chi connectivity index (χ0n) is 13.0. The van der Waals surface area contributed by atoms with Crippen LogP contribution in [0.3, 0.4) is 0 Å². The van der Waals surface area contributed by atoms with E-state index in [-0.39, 0.29) is 11.0 Å². The van der Waals surface area contributed by atoms with Crippen LogP contribution >= 0.6 is 11.8 Å². The maximum absolute atomic E-state index is 12.7. The maximum atomic E-state index is 12.7. The minimum Gasteiger partial charge on any atom is -0.212 e. The Morgan fingerprint density at radius 2 is 1.65 bits per heavy atom. The van der Waals surface area contributed by atoms with Crippen LogP contribution in [0.4, 0.5) is 0 Å². The minimum absolute atomic E-state index is 0.184. The van der Waals surface area contributed by atoms with Crippen LogP contribution in [-0.2, 0) is 16.4 Å². The smallest absolute Gasteiger partial charge is 0.212 e. The Balaban J connectivity index is 1.65. The fourth-order valence-corrected chi connectivity index (χ4v) is 5.72. The van der Waals surface area contributed by atoms with Crippen molar-refractivity contribution in [2.45, 2.75) is 11.7 Å². The summed E-state index contributed by atoms with van der Waals surface area (Å²) in [5.74, 6) is 1.04. The number of hydrogen-bond donors (Lipinski definition) is 0. The quantitative estimate of drug-likeness (QED) is 0.832. The Hall–Kier alpha value is -1.30. The lowest BCUT2D eigenvalue weighted by Crippen LogP contribution is -2.40. The van der Waals surface area contributed by atoms with E-state index in [9.17, 15) is 8.42 Å². The van der Waals surface area contributed by atoms with Gasteiger partial charge in [-0.1, -0.05) is 60.7 Å². The van der Waals surface area contributed by atoms with Crippen molar-refractivity contribution in [3.8, 4) is 0 Å². The monoisotopic (exact) mass is 347 g/mol. The molecule has 3 rings (SSSR count). The van der Waals surface area contributed by atoms with Gasteiger partial charge < -0.3 is 0 Å². The molecule has 1 saturated heterocycles. The molecule has 1 atom stereocenters. The molecule has 1 unspecified atom stereocenters. The zero-order valence-corrected chi connectivity index (χ0v) is 14.6. The molecule has 2 aromatic rings. The molecular weight excluding hydrogens is 326 g/mol. The maximum Gasteiger partial charge on any atom is 0.214 e. The van der Waals surface area contributed by atoms with Crippen molar-refractivity contribution in [1.82, 2.24) is 4.31 Å². The molecule has 0 amide bonds. The summed E-state index contributed by atoms with van der Waals surface area (Å²) in [5, 5.41) is 0.233. The summed E-state index contributed by atoms with van der Waals surface area (Å²) in [6, 6.07) is 20.0. The van der Waals surface area contributed by atoms with Crippen LogP contribution in [-0.4, -0.2) is 37.3 Å². The molecule has 3 nitrogen and oxygen atoms in total. The van der Waals surface area contributed by atoms with Crippen molar-refractivity contribution in [2.24, 2.45) is 0 Å². The predicted octanol–water partition coefficient (Wildman–Crippen LogP) is 3.35. The molecule has 122 valence electrons. The Bertz CT molecular complexity index is 717. The van der Waals surface area contributed by atoms with Gasteiger partial charge in [0.25, 0.3) is 0 Å². The molecule has 0 radical (unpaired) electrons. The molecule has 0 N–H and O–H groups in total. The van der Waals surface area contributed by atoms with Crippen LogP contribution in [0.5, 0.6) is 0 Å². The Morgan fingerprint density at radius 3 is 2.35 bits per heavy atom. The first-order valence-corrected chi connectivity index (χ1v) is 10.5. The average Bonchev–Trinajstić information content (AvgIpc) is 2.62. The van der Waals surface area contributed by atoms with Gasteiger partial charge in [0.15, 0.2) is 0 Å². The first-order chi connectivity index (χ1) is 11.1. The van der Waals surface area contributed by atoms with E-state index >= 15 is 0 Å². The Labute approximate surface area is 142 Å². The van der Waals surface area contributed by atoms with E-state index in [1.165, 1.54) is 5.56 Å². The standard InChI is InChI=1S/C18H21NO2S2/c20-23(21,14-11-16-7-3-1-4-8-16)19-12-13-22-18(15-19)17-9-5-2-6-10-17/h1-10,18H,11-15H2. The fourth-order valence-electron chi connectivity index (χ4n) is 2.77. The first-order valence-electron chi connectivity index (χ1n) is 7.83. The van der Waals surface area contributed by atoms with Crippen molar-refractivity contribution in [2.75, 3.05) is 24.6 Å². The number of sulfonamides is 1. The largest absolute Gasteiger partial charge is 0.214 e. The first kappa shape index (κ1) is 16.6. The molecule has 1 aliphatic rings. The summed E-state index contributed by atoms with van der Waals surface area (Å²) >= 11 is 1.84. The highest BCUT2D eigenvalue weighted by Crippen LogP contribution is 2.34. The van der Waals surface area contributed by atoms with E-state index in [0.29, 0.717) is 19.5 Å². The third-order valence-corrected chi connectivity index (χ3v) is 7.17. The number of thioether (sulfide) groups is 1. The molecule has 23 heavy (non-hydrogen) atoms. The summed E-state index contributed by atoms with van der Waals surface area (Å²) < 4.78 is 27.0. The van der Waals surface area contributed by atoms with Crippen molar-refractivity contribution < 1.29 is 8.42 Å². The molecular formula is C18H21NO2S2. The Kier molecular flexibility index (Phi) is 5.41. The fraction of sp³-hybridized carbons (Fsp3) is 0.333. The van der Waals surface area contributed by atoms with Gasteiger partial charge in [-0.2, -0.15) is 16.1 Å². The number of rotatable bonds is 5. The van der Waals surface area contributed by atoms with Gasteiger partial charge in [-0.25, -0.2) is 8.42 Å². The van der Waals surface area contributed by atoms with Crippen molar-refractivity contribution in [3.05, 3.63) is 71.8 Å². The van der Waals surface area contributed by atoms with Crippen LogP contribution in [0.15, 0.2) is 60.7 Å². The summed E-state index contributed by atoms with van der Waals surface area (Å²) in [5.41, 5.74) is 2.28. The normalized spacial score (nSPS) is 19.6. The molecule has 0 aromatic heterocycles. The molecule has 0 aliphatic carbocycles.